The Balaban J connectivity index is 0.000000130. The number of halogens is 21. The van der Waals surface area contributed by atoms with Crippen molar-refractivity contribution in [2.24, 2.45) is 0 Å². The Bertz CT molecular complexity index is 6550. The lowest BCUT2D eigenvalue weighted by atomic mass is 9.98. The number of para-hydroxylation sites is 3. The van der Waals surface area contributed by atoms with Crippen molar-refractivity contribution in [1.82, 2.24) is 59.8 Å². The largest absolute Gasteiger partial charge is 0.417 e. The molecule has 36 heteroatoms. The molecule has 646 valence electrons. The molecule has 0 bridgehead atoms. The maximum absolute atomic E-state index is 13.2. The zero-order chi connectivity index (χ0) is 89.9. The zero-order valence-corrected chi connectivity index (χ0v) is 71.9. The molecule has 0 spiro atoms. The van der Waals surface area contributed by atoms with Gasteiger partial charge in [0.2, 0.25) is 0 Å². The predicted molar refractivity (Wildman–Crippen MR) is 468 cm³/mol. The number of benzene rings is 9. The first-order chi connectivity index (χ1) is 60.1. The highest BCUT2D eigenvalue weighted by Crippen LogP contribution is 2.44. The van der Waals surface area contributed by atoms with Crippen molar-refractivity contribution in [1.29, 1.82) is 0 Å². The van der Waals surface area contributed by atoms with Crippen LogP contribution in [0, 0.1) is 10.1 Å². The Kier molecular flexibility index (Phi) is 30.0. The van der Waals surface area contributed by atoms with Gasteiger partial charge in [-0.25, -0.2) is 59.8 Å². The number of non-ortho nitro benzene ring substituents is 1. The second-order valence-corrected chi connectivity index (χ2v) is 31.8. The van der Waals surface area contributed by atoms with E-state index in [1.807, 2.05) is 48.5 Å². The zero-order valence-electron chi connectivity index (χ0n) is 65.1. The fourth-order valence-electron chi connectivity index (χ4n) is 13.9. The number of aryl methyl sites for hydroxylation is 3. The number of alkyl halides is 12. The van der Waals surface area contributed by atoms with Gasteiger partial charge in [0.05, 0.1) is 58.8 Å². The average Bonchev–Trinajstić information content (AvgIpc) is 1.55. The molecule has 3 aliphatic carbocycles. The fraction of sp³-hybridized carbons (Fsp3) is 0.200. The van der Waals surface area contributed by atoms with E-state index >= 15 is 0 Å². The standard InChI is InChI=1S/C17H16ClF3N2.C15H7Cl2F3N2.C15H14Cl2N2.C15H8ClF3N2.C14H7Cl2N3O2.C14H10ClF3N2/c18-15-12-8-3-1-2-4-10-14(12)22-16(23-15)11-7-5-6-9-13(11)17(19,20)21;16-11-6-5-8(15(18,19)20)7-10(11)14-21-12-4-2-1-3-9(12)13(17)22-14;16-12-8-5-4-6-10(12)15-18-13-9-3-1-2-7-11(13)14(17)19-15;16-13-10-6-2-4-8-12(10)20-14(21-13)9-5-1-3-7-11(9)15(17,18)19;15-11-7-8(19(20)21)5-6-9(11)14-17-12-4-2-1-3-10(12)13(16)18-14;15-12-9-5-3-7-11(9)19-13(20-12)8-4-1-2-6-10(8)14(16,17)18/h5-7,9H,1-4,8,10H2;1-7H;4-6,8H,1-3,7,9H2;1-8H;1-7H;1-2,4,6H,3,5,7H2. The molecule has 0 N–H and O–H groups in total. The van der Waals surface area contributed by atoms with Crippen LogP contribution in [0.25, 0.3) is 101 Å². The summed E-state index contributed by atoms with van der Waals surface area (Å²) < 4.78 is 156. The van der Waals surface area contributed by atoms with Crippen molar-refractivity contribution >= 4 is 143 Å². The third-order valence-electron chi connectivity index (χ3n) is 20.0. The van der Waals surface area contributed by atoms with Gasteiger partial charge >= 0.3 is 24.7 Å². The van der Waals surface area contributed by atoms with Crippen LogP contribution in [-0.2, 0) is 63.2 Å². The molecule has 0 aliphatic heterocycles. The summed E-state index contributed by atoms with van der Waals surface area (Å²) in [5, 5.41) is 15.4. The summed E-state index contributed by atoms with van der Waals surface area (Å²) in [6.45, 7) is 0. The normalized spacial score (nSPS) is 13.2. The Morgan fingerprint density at radius 2 is 0.563 bits per heavy atom. The SMILES string of the molecule is Clc1ccccc1-c1nc(Cl)c2c(n1)CCCCC2.FC(F)(F)c1ccc(Cl)c(-c2nc(Cl)c3ccccc3n2)c1.FC(F)(F)c1ccccc1-c1nc(Cl)c2c(n1)CCC2.FC(F)(F)c1ccccc1-c1nc(Cl)c2c(n1)CCCCCC2.FC(F)(F)c1ccccc1-c1nc(Cl)c2ccccc2n1.O=[N+]([O-])c1ccc(-c2nc(Cl)c3ccccc3n2)c(Cl)c1. The molecule has 9 aromatic carbocycles. The third-order valence-corrected chi connectivity index (χ3v) is 22.8. The van der Waals surface area contributed by atoms with E-state index in [-0.39, 0.29) is 81.9 Å². The maximum Gasteiger partial charge on any atom is 0.417 e. The topological polar surface area (TPSA) is 198 Å². The lowest BCUT2D eigenvalue weighted by Gasteiger charge is -2.17. The number of hydrogen-bond donors (Lipinski definition) is 0. The van der Waals surface area contributed by atoms with Crippen LogP contribution in [0.5, 0.6) is 0 Å². The fourth-order valence-corrected chi connectivity index (χ4v) is 16.2. The second kappa shape index (κ2) is 40.6. The molecule has 126 heavy (non-hydrogen) atoms. The maximum atomic E-state index is 13.2. The van der Waals surface area contributed by atoms with Crippen LogP contribution < -0.4 is 0 Å². The minimum Gasteiger partial charge on any atom is -0.258 e. The van der Waals surface area contributed by atoms with Gasteiger partial charge in [0.25, 0.3) is 5.69 Å². The molecular weight excluding hydrogens is 1840 g/mol. The summed E-state index contributed by atoms with van der Waals surface area (Å²) in [4.78, 5) is 61.3. The Labute approximate surface area is 756 Å². The third kappa shape index (κ3) is 22.7. The molecule has 6 heterocycles. The first-order valence-corrected chi connectivity index (χ1v) is 42.0. The predicted octanol–water partition coefficient (Wildman–Crippen LogP) is 29.6. The Morgan fingerprint density at radius 1 is 0.262 bits per heavy atom. The Morgan fingerprint density at radius 3 is 0.952 bits per heavy atom. The molecular formula is C90H62Cl9F12N13O2. The molecule has 3 aliphatic rings. The van der Waals surface area contributed by atoms with E-state index in [1.54, 1.807) is 54.6 Å². The van der Waals surface area contributed by atoms with Gasteiger partial charge < -0.3 is 0 Å². The highest BCUT2D eigenvalue weighted by atomic mass is 35.5. The molecule has 0 saturated heterocycles. The molecule has 15 nitrogen and oxygen atoms in total. The van der Waals surface area contributed by atoms with Crippen molar-refractivity contribution in [2.45, 2.75) is 115 Å². The van der Waals surface area contributed by atoms with Crippen LogP contribution in [-0.4, -0.2) is 64.7 Å². The minimum atomic E-state index is -4.47. The summed E-state index contributed by atoms with van der Waals surface area (Å²) in [5.41, 5.74) is 5.36. The van der Waals surface area contributed by atoms with Gasteiger partial charge in [0.15, 0.2) is 34.9 Å². The van der Waals surface area contributed by atoms with Crippen molar-refractivity contribution < 1.29 is 57.6 Å². The summed E-state index contributed by atoms with van der Waals surface area (Å²) in [7, 11) is 0. The Hall–Kier alpha value is -10.6. The first kappa shape index (κ1) is 93.1. The highest BCUT2D eigenvalue weighted by Gasteiger charge is 2.38. The number of nitro benzene ring substituents is 1. The van der Waals surface area contributed by atoms with Crippen molar-refractivity contribution in [3.05, 3.63) is 318 Å². The van der Waals surface area contributed by atoms with Gasteiger partial charge in [-0.2, -0.15) is 52.7 Å². The highest BCUT2D eigenvalue weighted by molar-refractivity contribution is 6.37. The minimum absolute atomic E-state index is 0.0215. The smallest absolute Gasteiger partial charge is 0.258 e. The summed E-state index contributed by atoms with van der Waals surface area (Å²) in [6.07, 6.45) is -4.13. The molecule has 6 aromatic heterocycles. The van der Waals surface area contributed by atoms with Gasteiger partial charge in [-0.15, -0.1) is 0 Å². The van der Waals surface area contributed by atoms with E-state index in [0.29, 0.717) is 59.9 Å². The van der Waals surface area contributed by atoms with Crippen LogP contribution >= 0.6 is 104 Å². The molecule has 18 rings (SSSR count). The number of nitro groups is 1. The average molecular weight is 1900 g/mol. The van der Waals surface area contributed by atoms with Gasteiger partial charge in [0.1, 0.15) is 30.9 Å². The van der Waals surface area contributed by atoms with Crippen molar-refractivity contribution in [3.8, 4) is 68.3 Å². The van der Waals surface area contributed by atoms with E-state index in [2.05, 4.69) is 59.8 Å². The summed E-state index contributed by atoms with van der Waals surface area (Å²) in [6, 6.07) is 51.7. The summed E-state index contributed by atoms with van der Waals surface area (Å²) >= 11 is 55.2. The van der Waals surface area contributed by atoms with Crippen LogP contribution in [0.15, 0.2) is 206 Å². The van der Waals surface area contributed by atoms with Crippen LogP contribution in [0.1, 0.15) is 107 Å². The van der Waals surface area contributed by atoms with E-state index in [9.17, 15) is 62.8 Å². The van der Waals surface area contributed by atoms with Gasteiger partial charge in [-0.1, -0.05) is 227 Å². The summed E-state index contributed by atoms with van der Waals surface area (Å²) in [5.74, 6) is 1.09. The van der Waals surface area contributed by atoms with Crippen LogP contribution in [0.2, 0.25) is 46.0 Å². The van der Waals surface area contributed by atoms with Crippen LogP contribution in [0.3, 0.4) is 0 Å². The second-order valence-electron chi connectivity index (χ2n) is 28.4. The van der Waals surface area contributed by atoms with Gasteiger partial charge in [-0.3, -0.25) is 10.1 Å². The number of hydrogen-bond acceptors (Lipinski definition) is 14. The molecule has 0 saturated carbocycles. The molecule has 0 atom stereocenters. The van der Waals surface area contributed by atoms with Gasteiger partial charge in [-0.05, 0) is 162 Å². The van der Waals surface area contributed by atoms with E-state index < -0.39 is 51.9 Å². The van der Waals surface area contributed by atoms with Crippen LogP contribution in [0.4, 0.5) is 58.4 Å². The van der Waals surface area contributed by atoms with E-state index in [0.717, 1.165) is 146 Å². The van der Waals surface area contributed by atoms with Crippen molar-refractivity contribution in [3.63, 3.8) is 0 Å². The lowest BCUT2D eigenvalue weighted by Crippen LogP contribution is -2.10. The number of fused-ring (bicyclic) bond motifs is 6. The molecule has 0 radical (unpaired) electrons. The lowest BCUT2D eigenvalue weighted by molar-refractivity contribution is -0.384. The quantitative estimate of drug-likeness (QED) is 0.0480. The molecule has 0 amide bonds. The molecule has 0 unspecified atom stereocenters. The van der Waals surface area contributed by atoms with E-state index in [1.165, 1.54) is 92.1 Å². The van der Waals surface area contributed by atoms with Gasteiger partial charge in [0, 0.05) is 95.4 Å². The molecule has 15 aromatic rings. The van der Waals surface area contributed by atoms with E-state index in [4.69, 9.17) is 104 Å². The number of aromatic nitrogens is 12. The number of rotatable bonds is 7. The molecule has 0 fully saturated rings. The first-order valence-electron chi connectivity index (χ1n) is 38.6. The number of nitrogens with zero attached hydrogens (tertiary/aromatic N) is 13. The monoisotopic (exact) mass is 1900 g/mol. The van der Waals surface area contributed by atoms with Crippen molar-refractivity contribution in [2.75, 3.05) is 0 Å².